The van der Waals surface area contributed by atoms with Crippen LogP contribution in [0.5, 0.6) is 0 Å². The molecule has 5 heteroatoms. The fourth-order valence-corrected chi connectivity index (χ4v) is 0.531. The van der Waals surface area contributed by atoms with E-state index in [4.69, 9.17) is 10.2 Å². The van der Waals surface area contributed by atoms with Gasteiger partial charge in [-0.3, -0.25) is 4.79 Å². The van der Waals surface area contributed by atoms with E-state index in [2.05, 4.69) is 4.42 Å². The summed E-state index contributed by atoms with van der Waals surface area (Å²) in [6.07, 6.45) is 0.451. The van der Waals surface area contributed by atoms with Crippen molar-refractivity contribution in [1.82, 2.24) is 0 Å². The Bertz CT molecular complexity index is 263. The van der Waals surface area contributed by atoms with Crippen LogP contribution in [0.4, 0.5) is 0 Å². The highest BCUT2D eigenvalue weighted by Gasteiger charge is 2.06. The van der Waals surface area contributed by atoms with Crippen molar-refractivity contribution in [2.45, 2.75) is 0 Å². The number of carbonyl (C=O) groups is 2. The summed E-state index contributed by atoms with van der Waals surface area (Å²) in [7, 11) is 1.00. The maximum Gasteiger partial charge on any atom is 0.371 e. The van der Waals surface area contributed by atoms with Gasteiger partial charge in [0.05, 0.1) is 0 Å². The average Bonchev–Trinajstić information content (AvgIpc) is 2.55. The third-order valence-electron chi connectivity index (χ3n) is 0.954. The van der Waals surface area contributed by atoms with Gasteiger partial charge < -0.3 is 14.6 Å². The van der Waals surface area contributed by atoms with Gasteiger partial charge >= 0.3 is 5.97 Å². The number of aldehydes is 1. The zero-order chi connectivity index (χ0) is 9.56. The molecule has 0 atom stereocenters. The molecule has 0 aliphatic rings. The summed E-state index contributed by atoms with van der Waals surface area (Å²) in [5, 5.41) is 15.3. The molecule has 0 saturated carbocycles. The van der Waals surface area contributed by atoms with Gasteiger partial charge in [0.2, 0.25) is 5.76 Å². The largest absolute Gasteiger partial charge is 0.475 e. The Hall–Kier alpha value is -1.62. The Kier molecular flexibility index (Phi) is 4.40. The molecule has 0 aliphatic heterocycles. The molecule has 1 rings (SSSR count). The molecule has 0 radical (unpaired) electrons. The average molecular weight is 172 g/mol. The maximum atomic E-state index is 10.1. The molecule has 0 saturated heterocycles. The second-order valence-corrected chi connectivity index (χ2v) is 1.63. The molecule has 5 nitrogen and oxygen atoms in total. The summed E-state index contributed by atoms with van der Waals surface area (Å²) >= 11 is 0. The number of aromatic carboxylic acids is 1. The lowest BCUT2D eigenvalue weighted by Crippen LogP contribution is -1.91. The van der Waals surface area contributed by atoms with Crippen molar-refractivity contribution >= 4 is 12.3 Å². The normalized spacial score (nSPS) is 8.17. The Balaban J connectivity index is 0.000000561. The second-order valence-electron chi connectivity index (χ2n) is 1.63. The molecular formula is C7H8O5. The Labute approximate surface area is 68.2 Å². The fourth-order valence-electron chi connectivity index (χ4n) is 0.531. The number of hydrogen-bond donors (Lipinski definition) is 2. The van der Waals surface area contributed by atoms with Crippen LogP contribution in [0.3, 0.4) is 0 Å². The highest BCUT2D eigenvalue weighted by molar-refractivity contribution is 5.85. The zero-order valence-corrected chi connectivity index (χ0v) is 6.35. The highest BCUT2D eigenvalue weighted by Crippen LogP contribution is 2.04. The smallest absolute Gasteiger partial charge is 0.371 e. The van der Waals surface area contributed by atoms with Gasteiger partial charge in [-0.25, -0.2) is 4.79 Å². The van der Waals surface area contributed by atoms with Crippen molar-refractivity contribution in [1.29, 1.82) is 0 Å². The number of rotatable bonds is 2. The topological polar surface area (TPSA) is 87.7 Å². The first kappa shape index (κ1) is 10.4. The Morgan fingerprint density at radius 2 is 2.08 bits per heavy atom. The molecule has 0 fully saturated rings. The Morgan fingerprint density at radius 3 is 2.33 bits per heavy atom. The predicted molar refractivity (Wildman–Crippen MR) is 39.2 cm³/mol. The number of aliphatic hydroxyl groups excluding tert-OH is 1. The molecule has 0 spiro atoms. The van der Waals surface area contributed by atoms with Crippen LogP contribution < -0.4 is 0 Å². The predicted octanol–water partition coefficient (Wildman–Crippen LogP) is 0.399. The first-order valence-corrected chi connectivity index (χ1v) is 2.97. The van der Waals surface area contributed by atoms with E-state index in [1.807, 2.05) is 0 Å². The van der Waals surface area contributed by atoms with Gasteiger partial charge in [0.1, 0.15) is 0 Å². The van der Waals surface area contributed by atoms with Crippen molar-refractivity contribution < 1.29 is 24.2 Å². The molecule has 0 aromatic carbocycles. The lowest BCUT2D eigenvalue weighted by Gasteiger charge is -1.81. The monoisotopic (exact) mass is 172 g/mol. The molecule has 1 aromatic rings. The number of hydrogen-bond acceptors (Lipinski definition) is 4. The van der Waals surface area contributed by atoms with Crippen molar-refractivity contribution in [3.63, 3.8) is 0 Å². The maximum absolute atomic E-state index is 10.1. The van der Waals surface area contributed by atoms with Crippen LogP contribution in [-0.2, 0) is 0 Å². The van der Waals surface area contributed by atoms with Crippen LogP contribution in [-0.4, -0.2) is 29.6 Å². The van der Waals surface area contributed by atoms with Crippen LogP contribution in [0.25, 0.3) is 0 Å². The van der Waals surface area contributed by atoms with Crippen LogP contribution in [0.15, 0.2) is 16.5 Å². The minimum atomic E-state index is -1.17. The summed E-state index contributed by atoms with van der Waals surface area (Å²) in [5.41, 5.74) is 0. The van der Waals surface area contributed by atoms with E-state index in [1.165, 1.54) is 12.1 Å². The van der Waals surface area contributed by atoms with E-state index < -0.39 is 5.97 Å². The van der Waals surface area contributed by atoms with Crippen molar-refractivity contribution in [3.8, 4) is 0 Å². The number of carboxylic acids is 1. The summed E-state index contributed by atoms with van der Waals surface area (Å²) in [4.78, 5) is 20.1. The van der Waals surface area contributed by atoms with Gasteiger partial charge in [-0.15, -0.1) is 0 Å². The summed E-state index contributed by atoms with van der Waals surface area (Å²) in [6.45, 7) is 0. The van der Waals surface area contributed by atoms with Gasteiger partial charge in [0.25, 0.3) is 0 Å². The number of carboxylic acid groups (broad SMARTS) is 1. The summed E-state index contributed by atoms with van der Waals surface area (Å²) in [5.74, 6) is -1.37. The fraction of sp³-hybridized carbons (Fsp3) is 0.143. The van der Waals surface area contributed by atoms with E-state index in [0.29, 0.717) is 6.29 Å². The lowest BCUT2D eigenvalue weighted by atomic mass is 10.4. The van der Waals surface area contributed by atoms with E-state index in [0.717, 1.165) is 7.11 Å². The SMILES string of the molecule is CO.O=Cc1ccc(C(=O)O)o1. The van der Waals surface area contributed by atoms with Gasteiger partial charge in [-0.05, 0) is 12.1 Å². The summed E-state index contributed by atoms with van der Waals surface area (Å²) in [6, 6.07) is 2.53. The van der Waals surface area contributed by atoms with Crippen LogP contribution in [0.2, 0.25) is 0 Å². The molecule has 0 amide bonds. The first-order valence-electron chi connectivity index (χ1n) is 2.97. The molecule has 12 heavy (non-hydrogen) atoms. The van der Waals surface area contributed by atoms with Gasteiger partial charge in [0.15, 0.2) is 12.0 Å². The molecule has 0 aliphatic carbocycles. The van der Waals surface area contributed by atoms with Crippen molar-refractivity contribution in [2.24, 2.45) is 0 Å². The van der Waals surface area contributed by atoms with Gasteiger partial charge in [0, 0.05) is 7.11 Å². The molecule has 1 heterocycles. The molecule has 1 aromatic heterocycles. The molecule has 66 valence electrons. The minimum Gasteiger partial charge on any atom is -0.475 e. The molecular weight excluding hydrogens is 164 g/mol. The molecule has 0 bridgehead atoms. The number of furan rings is 1. The highest BCUT2D eigenvalue weighted by atomic mass is 16.4. The van der Waals surface area contributed by atoms with E-state index >= 15 is 0 Å². The van der Waals surface area contributed by atoms with Crippen LogP contribution >= 0.6 is 0 Å². The van der Waals surface area contributed by atoms with Crippen LogP contribution in [0, 0.1) is 0 Å². The second kappa shape index (κ2) is 5.09. The van der Waals surface area contributed by atoms with E-state index in [9.17, 15) is 9.59 Å². The molecule has 2 N–H and O–H groups in total. The van der Waals surface area contributed by atoms with Crippen molar-refractivity contribution in [3.05, 3.63) is 23.7 Å². The summed E-state index contributed by atoms with van der Waals surface area (Å²) < 4.78 is 4.53. The zero-order valence-electron chi connectivity index (χ0n) is 6.35. The number of carbonyl (C=O) groups excluding carboxylic acids is 1. The third-order valence-corrected chi connectivity index (χ3v) is 0.954. The lowest BCUT2D eigenvalue weighted by molar-refractivity contribution is 0.0661. The van der Waals surface area contributed by atoms with E-state index in [1.54, 1.807) is 0 Å². The van der Waals surface area contributed by atoms with Gasteiger partial charge in [-0.2, -0.15) is 0 Å². The minimum absolute atomic E-state index is 0.0254. The quantitative estimate of drug-likeness (QED) is 0.630. The van der Waals surface area contributed by atoms with Gasteiger partial charge in [-0.1, -0.05) is 0 Å². The molecule has 0 unspecified atom stereocenters. The standard InChI is InChI=1S/C6H4O4.CH4O/c7-3-4-1-2-5(10-4)6(8)9;1-2/h1-3H,(H,8,9);2H,1H3. The van der Waals surface area contributed by atoms with Crippen LogP contribution in [0.1, 0.15) is 21.1 Å². The van der Waals surface area contributed by atoms with Crippen molar-refractivity contribution in [2.75, 3.05) is 7.11 Å². The third kappa shape index (κ3) is 2.55. The number of aliphatic hydroxyl groups is 1. The Morgan fingerprint density at radius 1 is 1.50 bits per heavy atom. The first-order chi connectivity index (χ1) is 5.74. The van der Waals surface area contributed by atoms with E-state index in [-0.39, 0.29) is 11.5 Å².